The molecule has 1 saturated heterocycles. The van der Waals surface area contributed by atoms with Gasteiger partial charge < -0.3 is 14.2 Å². The molecule has 1 amide bonds. The summed E-state index contributed by atoms with van der Waals surface area (Å²) in [5, 5.41) is 4.24. The minimum Gasteiger partial charge on any atom is -0.378 e. The molecule has 0 bridgehead atoms. The molecule has 1 aromatic carbocycles. The molecule has 0 spiro atoms. The molecule has 0 atom stereocenters. The van der Waals surface area contributed by atoms with Gasteiger partial charge in [-0.1, -0.05) is 0 Å². The summed E-state index contributed by atoms with van der Waals surface area (Å²) in [7, 11) is 0. The van der Waals surface area contributed by atoms with E-state index in [9.17, 15) is 9.59 Å². The molecule has 3 heterocycles. The van der Waals surface area contributed by atoms with Crippen LogP contribution in [-0.4, -0.2) is 51.3 Å². The first-order valence-corrected chi connectivity index (χ1v) is 8.08. The molecule has 3 aromatic rings. The van der Waals surface area contributed by atoms with Crippen molar-refractivity contribution in [3.63, 3.8) is 0 Å². The summed E-state index contributed by atoms with van der Waals surface area (Å²) in [6.07, 6.45) is 1.61. The zero-order valence-corrected chi connectivity index (χ0v) is 13.4. The van der Waals surface area contributed by atoms with Crippen LogP contribution in [-0.2, 0) is 11.3 Å². The second-order valence-corrected chi connectivity index (χ2v) is 5.79. The van der Waals surface area contributed by atoms with Gasteiger partial charge in [-0.2, -0.15) is 5.10 Å². The van der Waals surface area contributed by atoms with Gasteiger partial charge in [0.1, 0.15) is 5.52 Å². The normalized spacial score (nSPS) is 15.3. The predicted octanol–water partition coefficient (Wildman–Crippen LogP) is 1.14. The van der Waals surface area contributed by atoms with Crippen LogP contribution in [0.3, 0.4) is 0 Å². The summed E-state index contributed by atoms with van der Waals surface area (Å²) in [5.74, 6) is -0.0316. The van der Waals surface area contributed by atoms with E-state index in [0.29, 0.717) is 43.9 Å². The van der Waals surface area contributed by atoms with E-state index >= 15 is 0 Å². The van der Waals surface area contributed by atoms with Gasteiger partial charge in [-0.25, -0.2) is 4.52 Å². The Morgan fingerprint density at radius 1 is 1.17 bits per heavy atom. The number of benzene rings is 1. The number of carbonyl (C=O) groups is 1. The van der Waals surface area contributed by atoms with Crippen LogP contribution in [0.15, 0.2) is 35.3 Å². The lowest BCUT2D eigenvalue weighted by Crippen LogP contribution is -2.40. The van der Waals surface area contributed by atoms with Gasteiger partial charge in [0.25, 0.3) is 11.5 Å². The van der Waals surface area contributed by atoms with Crippen LogP contribution in [0.4, 0.5) is 0 Å². The minimum atomic E-state index is -0.0986. The van der Waals surface area contributed by atoms with Crippen LogP contribution >= 0.6 is 0 Å². The van der Waals surface area contributed by atoms with Crippen molar-refractivity contribution in [3.8, 4) is 0 Å². The van der Waals surface area contributed by atoms with Gasteiger partial charge in [0.2, 0.25) is 0 Å². The quantitative estimate of drug-likeness (QED) is 0.708. The highest BCUT2D eigenvalue weighted by Gasteiger charge is 2.20. The standard InChI is InChI=1S/C17H18N4O3/c1-2-20-15-11-12(16(22)19-7-9-24-10-8-19)3-4-13(15)21-14(17(20)23)5-6-18-21/h3-6,11H,2,7-10H2,1H3. The zero-order valence-electron chi connectivity index (χ0n) is 13.4. The molecule has 0 unspecified atom stereocenters. The fourth-order valence-electron chi connectivity index (χ4n) is 3.22. The number of hydrogen-bond acceptors (Lipinski definition) is 4. The molecule has 4 rings (SSSR count). The Hall–Kier alpha value is -2.67. The van der Waals surface area contributed by atoms with Crippen molar-refractivity contribution in [1.29, 1.82) is 0 Å². The van der Waals surface area contributed by atoms with E-state index < -0.39 is 0 Å². The van der Waals surface area contributed by atoms with E-state index in [1.54, 1.807) is 38.4 Å². The first-order valence-electron chi connectivity index (χ1n) is 8.08. The lowest BCUT2D eigenvalue weighted by Gasteiger charge is -2.27. The number of hydrogen-bond donors (Lipinski definition) is 0. The molecular formula is C17H18N4O3. The monoisotopic (exact) mass is 326 g/mol. The number of carbonyl (C=O) groups excluding carboxylic acids is 1. The Morgan fingerprint density at radius 2 is 1.96 bits per heavy atom. The number of amides is 1. The van der Waals surface area contributed by atoms with Gasteiger partial charge in [-0.05, 0) is 31.2 Å². The Labute approximate surface area is 138 Å². The number of aromatic nitrogens is 3. The fourth-order valence-corrected chi connectivity index (χ4v) is 3.22. The van der Waals surface area contributed by atoms with Crippen molar-refractivity contribution < 1.29 is 9.53 Å². The molecule has 7 nitrogen and oxygen atoms in total. The molecule has 0 radical (unpaired) electrons. The molecule has 0 N–H and O–H groups in total. The number of ether oxygens (including phenoxy) is 1. The maximum Gasteiger partial charge on any atom is 0.277 e. The Morgan fingerprint density at radius 3 is 2.71 bits per heavy atom. The molecule has 1 fully saturated rings. The number of aryl methyl sites for hydroxylation is 1. The van der Waals surface area contributed by atoms with Gasteiger partial charge in [-0.3, -0.25) is 9.59 Å². The summed E-state index contributed by atoms with van der Waals surface area (Å²) < 4.78 is 8.61. The van der Waals surface area contributed by atoms with Gasteiger partial charge in [-0.15, -0.1) is 0 Å². The summed E-state index contributed by atoms with van der Waals surface area (Å²) in [4.78, 5) is 27.1. The van der Waals surface area contributed by atoms with Crippen molar-refractivity contribution in [2.45, 2.75) is 13.5 Å². The minimum absolute atomic E-state index is 0.0316. The molecule has 1 aliphatic rings. The summed E-state index contributed by atoms with van der Waals surface area (Å²) in [6, 6.07) is 7.15. The fraction of sp³-hybridized carbons (Fsp3) is 0.353. The van der Waals surface area contributed by atoms with Crippen LogP contribution in [0.2, 0.25) is 0 Å². The Kier molecular flexibility index (Phi) is 3.57. The second kappa shape index (κ2) is 5.76. The maximum absolute atomic E-state index is 12.7. The van der Waals surface area contributed by atoms with Crippen molar-refractivity contribution in [1.82, 2.24) is 19.1 Å². The van der Waals surface area contributed by atoms with Gasteiger partial charge in [0.05, 0.1) is 30.4 Å². The SMILES string of the molecule is CCn1c(=O)c2ccnn2c2ccc(C(=O)N3CCOCC3)cc21. The highest BCUT2D eigenvalue weighted by atomic mass is 16.5. The molecular weight excluding hydrogens is 308 g/mol. The zero-order chi connectivity index (χ0) is 16.7. The second-order valence-electron chi connectivity index (χ2n) is 5.79. The highest BCUT2D eigenvalue weighted by Crippen LogP contribution is 2.18. The third kappa shape index (κ3) is 2.20. The molecule has 2 aromatic heterocycles. The van der Waals surface area contributed by atoms with E-state index in [1.165, 1.54) is 0 Å². The van der Waals surface area contributed by atoms with Crippen LogP contribution < -0.4 is 5.56 Å². The van der Waals surface area contributed by atoms with Gasteiger partial charge >= 0.3 is 0 Å². The lowest BCUT2D eigenvalue weighted by molar-refractivity contribution is 0.0303. The number of fused-ring (bicyclic) bond motifs is 3. The van der Waals surface area contributed by atoms with Crippen molar-refractivity contribution >= 4 is 22.5 Å². The van der Waals surface area contributed by atoms with Crippen molar-refractivity contribution in [2.24, 2.45) is 0 Å². The third-order valence-electron chi connectivity index (χ3n) is 4.46. The van der Waals surface area contributed by atoms with Crippen LogP contribution in [0.25, 0.3) is 16.6 Å². The largest absolute Gasteiger partial charge is 0.378 e. The maximum atomic E-state index is 12.7. The van der Waals surface area contributed by atoms with Gasteiger partial charge in [0.15, 0.2) is 0 Å². The van der Waals surface area contributed by atoms with E-state index in [-0.39, 0.29) is 11.5 Å². The summed E-state index contributed by atoms with van der Waals surface area (Å²) >= 11 is 0. The number of rotatable bonds is 2. The molecule has 0 aliphatic carbocycles. The van der Waals surface area contributed by atoms with Gasteiger partial charge in [0, 0.05) is 25.2 Å². The van der Waals surface area contributed by atoms with Crippen molar-refractivity contribution in [3.05, 3.63) is 46.4 Å². The first-order chi connectivity index (χ1) is 11.7. The molecule has 7 heteroatoms. The smallest absolute Gasteiger partial charge is 0.277 e. The van der Waals surface area contributed by atoms with E-state index in [1.807, 2.05) is 13.0 Å². The predicted molar refractivity (Wildman–Crippen MR) is 89.4 cm³/mol. The Balaban J connectivity index is 1.89. The number of nitrogens with zero attached hydrogens (tertiary/aromatic N) is 4. The van der Waals surface area contributed by atoms with Crippen molar-refractivity contribution in [2.75, 3.05) is 26.3 Å². The molecule has 0 saturated carbocycles. The van der Waals surface area contributed by atoms with E-state index in [4.69, 9.17) is 4.74 Å². The van der Waals surface area contributed by atoms with E-state index in [2.05, 4.69) is 5.10 Å². The molecule has 24 heavy (non-hydrogen) atoms. The third-order valence-corrected chi connectivity index (χ3v) is 4.46. The summed E-state index contributed by atoms with van der Waals surface area (Å²) in [5.41, 5.74) is 2.56. The van der Waals surface area contributed by atoms with Crippen LogP contribution in [0.5, 0.6) is 0 Å². The molecule has 124 valence electrons. The first kappa shape index (κ1) is 14.9. The van der Waals surface area contributed by atoms with Crippen LogP contribution in [0.1, 0.15) is 17.3 Å². The van der Waals surface area contributed by atoms with Crippen LogP contribution in [0, 0.1) is 0 Å². The molecule has 1 aliphatic heterocycles. The number of morpholine rings is 1. The topological polar surface area (TPSA) is 68.8 Å². The Bertz CT molecular complexity index is 983. The average Bonchev–Trinajstić information content (AvgIpc) is 3.12. The average molecular weight is 326 g/mol. The summed E-state index contributed by atoms with van der Waals surface area (Å²) in [6.45, 7) is 4.77. The lowest BCUT2D eigenvalue weighted by atomic mass is 10.1. The highest BCUT2D eigenvalue weighted by molar-refractivity contribution is 5.97. The van der Waals surface area contributed by atoms with E-state index in [0.717, 1.165) is 11.0 Å².